The first-order valence-corrected chi connectivity index (χ1v) is 6.36. The lowest BCUT2D eigenvalue weighted by Gasteiger charge is -2.07. The minimum atomic E-state index is 0.649. The monoisotopic (exact) mass is 197 g/mol. The average molecular weight is 197 g/mol. The molecule has 0 aromatic heterocycles. The molecule has 0 aliphatic heterocycles. The summed E-state index contributed by atoms with van der Waals surface area (Å²) in [5.74, 6) is 0.887. The highest BCUT2D eigenvalue weighted by molar-refractivity contribution is 6.35. The lowest BCUT2D eigenvalue weighted by Crippen LogP contribution is -2.23. The van der Waals surface area contributed by atoms with Crippen LogP contribution >= 0.6 is 0 Å². The summed E-state index contributed by atoms with van der Waals surface area (Å²) in [6.07, 6.45) is 7.00. The molecule has 0 saturated heterocycles. The summed E-state index contributed by atoms with van der Waals surface area (Å²) < 4.78 is 0. The quantitative estimate of drug-likeness (QED) is 0.442. The normalized spacial score (nSPS) is 11.3. The standard InChI is InChI=1S/C12H28BN/c1-11(2)7-9-13-8-5-6-10-14-12(3)4/h11-14H,5-10H2,1-4H3. The van der Waals surface area contributed by atoms with Crippen LogP contribution in [0.4, 0.5) is 0 Å². The smallest absolute Gasteiger partial charge is 0.120 e. The molecule has 0 aromatic rings. The van der Waals surface area contributed by atoms with Crippen molar-refractivity contribution in [3.63, 3.8) is 0 Å². The molecule has 0 amide bonds. The molecule has 0 rings (SSSR count). The highest BCUT2D eigenvalue weighted by Crippen LogP contribution is 2.05. The third kappa shape index (κ3) is 12.0. The second-order valence-corrected chi connectivity index (χ2v) is 5.06. The Hall–Kier alpha value is 0.0249. The lowest BCUT2D eigenvalue weighted by atomic mass is 9.67. The minimum absolute atomic E-state index is 0.649. The molecular formula is C12H28BN. The number of hydrogen-bond acceptors (Lipinski definition) is 1. The van der Waals surface area contributed by atoms with Crippen molar-refractivity contribution in [3.8, 4) is 0 Å². The summed E-state index contributed by atoms with van der Waals surface area (Å²) in [5.41, 5.74) is 0. The van der Waals surface area contributed by atoms with Crippen LogP contribution < -0.4 is 5.32 Å². The molecule has 84 valence electrons. The molecule has 0 aliphatic carbocycles. The molecule has 0 aliphatic rings. The van der Waals surface area contributed by atoms with E-state index in [1.54, 1.807) is 0 Å². The van der Waals surface area contributed by atoms with Gasteiger partial charge in [0, 0.05) is 6.04 Å². The van der Waals surface area contributed by atoms with Crippen LogP contribution in [0.2, 0.25) is 12.6 Å². The van der Waals surface area contributed by atoms with Gasteiger partial charge in [0.1, 0.15) is 7.28 Å². The van der Waals surface area contributed by atoms with E-state index in [0.29, 0.717) is 6.04 Å². The number of unbranched alkanes of at least 4 members (excludes halogenated alkanes) is 1. The summed E-state index contributed by atoms with van der Waals surface area (Å²) in [6.45, 7) is 10.2. The Kier molecular flexibility index (Phi) is 9.59. The van der Waals surface area contributed by atoms with Crippen molar-refractivity contribution in [1.82, 2.24) is 5.32 Å². The Morgan fingerprint density at radius 3 is 2.29 bits per heavy atom. The van der Waals surface area contributed by atoms with E-state index in [4.69, 9.17) is 0 Å². The van der Waals surface area contributed by atoms with Crippen molar-refractivity contribution in [2.75, 3.05) is 6.54 Å². The molecule has 2 heteroatoms. The molecular weight excluding hydrogens is 169 g/mol. The van der Waals surface area contributed by atoms with Crippen molar-refractivity contribution in [1.29, 1.82) is 0 Å². The second kappa shape index (κ2) is 9.58. The number of hydrogen-bond donors (Lipinski definition) is 1. The Labute approximate surface area is 91.3 Å². The molecule has 0 atom stereocenters. The van der Waals surface area contributed by atoms with Crippen molar-refractivity contribution in [2.24, 2.45) is 5.92 Å². The van der Waals surface area contributed by atoms with Crippen LogP contribution in [0.3, 0.4) is 0 Å². The van der Waals surface area contributed by atoms with E-state index in [-0.39, 0.29) is 0 Å². The predicted molar refractivity (Wildman–Crippen MR) is 68.6 cm³/mol. The van der Waals surface area contributed by atoms with Gasteiger partial charge in [0.05, 0.1) is 0 Å². The fraction of sp³-hybridized carbons (Fsp3) is 1.00. The van der Waals surface area contributed by atoms with Gasteiger partial charge in [-0.3, -0.25) is 0 Å². The first-order valence-electron chi connectivity index (χ1n) is 6.36. The van der Waals surface area contributed by atoms with Crippen molar-refractivity contribution >= 4 is 7.28 Å². The van der Waals surface area contributed by atoms with E-state index in [9.17, 15) is 0 Å². The van der Waals surface area contributed by atoms with Crippen LogP contribution in [-0.2, 0) is 0 Å². The molecule has 0 bridgehead atoms. The van der Waals surface area contributed by atoms with E-state index in [2.05, 4.69) is 33.0 Å². The van der Waals surface area contributed by atoms with E-state index >= 15 is 0 Å². The SMILES string of the molecule is CC(C)CCBCCCCNC(C)C. The van der Waals surface area contributed by atoms with E-state index in [1.807, 2.05) is 0 Å². The fourth-order valence-corrected chi connectivity index (χ4v) is 1.60. The maximum atomic E-state index is 3.45. The molecule has 0 saturated carbocycles. The number of nitrogens with one attached hydrogen (secondary N) is 1. The fourth-order valence-electron chi connectivity index (χ4n) is 1.60. The highest BCUT2D eigenvalue weighted by atomic mass is 14.9. The maximum Gasteiger partial charge on any atom is 0.120 e. The van der Waals surface area contributed by atoms with Gasteiger partial charge in [0.25, 0.3) is 0 Å². The minimum Gasteiger partial charge on any atom is -0.315 e. The van der Waals surface area contributed by atoms with E-state index in [1.165, 1.54) is 45.7 Å². The summed E-state index contributed by atoms with van der Waals surface area (Å²) in [4.78, 5) is 0. The van der Waals surface area contributed by atoms with Gasteiger partial charge in [0.15, 0.2) is 0 Å². The maximum absolute atomic E-state index is 3.45. The summed E-state index contributed by atoms with van der Waals surface area (Å²) in [5, 5.41) is 3.45. The second-order valence-electron chi connectivity index (χ2n) is 5.06. The molecule has 0 fully saturated rings. The lowest BCUT2D eigenvalue weighted by molar-refractivity contribution is 0.565. The van der Waals surface area contributed by atoms with Gasteiger partial charge >= 0.3 is 0 Å². The van der Waals surface area contributed by atoms with Gasteiger partial charge in [-0.25, -0.2) is 0 Å². The Morgan fingerprint density at radius 1 is 1.00 bits per heavy atom. The summed E-state index contributed by atoms with van der Waals surface area (Å²) in [6, 6.07) is 0.649. The van der Waals surface area contributed by atoms with Gasteiger partial charge in [-0.1, -0.05) is 53.2 Å². The third-order valence-corrected chi connectivity index (χ3v) is 2.51. The Balaban J connectivity index is 2.92. The van der Waals surface area contributed by atoms with Gasteiger partial charge in [-0.05, 0) is 18.9 Å². The molecule has 0 aromatic carbocycles. The van der Waals surface area contributed by atoms with Crippen molar-refractivity contribution in [2.45, 2.75) is 65.6 Å². The van der Waals surface area contributed by atoms with Crippen LogP contribution in [0.5, 0.6) is 0 Å². The van der Waals surface area contributed by atoms with Gasteiger partial charge < -0.3 is 5.32 Å². The third-order valence-electron chi connectivity index (χ3n) is 2.51. The van der Waals surface area contributed by atoms with Gasteiger partial charge in [-0.2, -0.15) is 0 Å². The largest absolute Gasteiger partial charge is 0.315 e. The Morgan fingerprint density at radius 2 is 1.71 bits per heavy atom. The van der Waals surface area contributed by atoms with Crippen LogP contribution in [0.1, 0.15) is 47.0 Å². The first kappa shape index (κ1) is 14.0. The predicted octanol–water partition coefficient (Wildman–Crippen LogP) is 3.08. The zero-order valence-electron chi connectivity index (χ0n) is 10.6. The number of rotatable bonds is 9. The first-order chi connectivity index (χ1) is 6.63. The highest BCUT2D eigenvalue weighted by Gasteiger charge is 1.96. The van der Waals surface area contributed by atoms with E-state index in [0.717, 1.165) is 5.92 Å². The van der Waals surface area contributed by atoms with Crippen molar-refractivity contribution < 1.29 is 0 Å². The summed E-state index contributed by atoms with van der Waals surface area (Å²) >= 11 is 0. The molecule has 14 heavy (non-hydrogen) atoms. The van der Waals surface area contributed by atoms with Crippen LogP contribution in [-0.4, -0.2) is 19.9 Å². The molecule has 1 nitrogen and oxygen atoms in total. The van der Waals surface area contributed by atoms with Crippen LogP contribution in [0.25, 0.3) is 0 Å². The van der Waals surface area contributed by atoms with E-state index < -0.39 is 0 Å². The molecule has 0 spiro atoms. The zero-order chi connectivity index (χ0) is 10.8. The molecule has 0 radical (unpaired) electrons. The van der Waals surface area contributed by atoms with Gasteiger partial charge in [0.2, 0.25) is 0 Å². The molecule has 0 unspecified atom stereocenters. The van der Waals surface area contributed by atoms with Crippen molar-refractivity contribution in [3.05, 3.63) is 0 Å². The summed E-state index contributed by atoms with van der Waals surface area (Å²) in [7, 11) is 1.43. The van der Waals surface area contributed by atoms with Crippen LogP contribution in [0.15, 0.2) is 0 Å². The van der Waals surface area contributed by atoms with Crippen LogP contribution in [0, 0.1) is 5.92 Å². The van der Waals surface area contributed by atoms with Gasteiger partial charge in [-0.15, -0.1) is 0 Å². The average Bonchev–Trinajstić information content (AvgIpc) is 2.08. The topological polar surface area (TPSA) is 12.0 Å². The zero-order valence-corrected chi connectivity index (χ0v) is 10.6. The molecule has 0 heterocycles. The Bertz CT molecular complexity index is 98.9. The molecule has 1 N–H and O–H groups in total.